The van der Waals surface area contributed by atoms with Gasteiger partial charge in [-0.2, -0.15) is 0 Å². The van der Waals surface area contributed by atoms with Gasteiger partial charge in [-0.15, -0.1) is 0 Å². The van der Waals surface area contributed by atoms with Crippen LogP contribution in [-0.2, 0) is 4.79 Å². The average molecular weight is 356 g/mol. The van der Waals surface area contributed by atoms with Crippen LogP contribution in [0.5, 0.6) is 0 Å². The van der Waals surface area contributed by atoms with Gasteiger partial charge in [-0.3, -0.25) is 4.79 Å². The maximum Gasteiger partial charge on any atom is 0.217 e. The fourth-order valence-corrected chi connectivity index (χ4v) is 2.55. The van der Waals surface area contributed by atoms with Crippen molar-refractivity contribution in [1.29, 1.82) is 0 Å². The molecule has 0 bridgehead atoms. The monoisotopic (exact) mass is 355 g/mol. The van der Waals surface area contributed by atoms with E-state index in [9.17, 15) is 15.0 Å². The fourth-order valence-electron chi connectivity index (χ4n) is 2.55. The Labute approximate surface area is 152 Å². The van der Waals surface area contributed by atoms with Crippen molar-refractivity contribution in [2.45, 2.75) is 89.3 Å². The smallest absolute Gasteiger partial charge is 0.217 e. The summed E-state index contributed by atoms with van der Waals surface area (Å²) in [6.45, 7) is 0.285. The normalized spacial score (nSPS) is 14.4. The van der Waals surface area contributed by atoms with Crippen molar-refractivity contribution in [3.8, 4) is 0 Å². The van der Waals surface area contributed by atoms with Crippen molar-refractivity contribution in [2.24, 2.45) is 5.73 Å². The second-order valence-corrected chi connectivity index (χ2v) is 6.56. The predicted molar refractivity (Wildman–Crippen MR) is 102 cm³/mol. The fraction of sp³-hybridized carbons (Fsp3) is 0.750. The summed E-state index contributed by atoms with van der Waals surface area (Å²) in [5, 5.41) is 28.2. The molecule has 0 aromatic heterocycles. The number of hydrogen-bond acceptors (Lipinski definition) is 4. The molecule has 0 aliphatic carbocycles. The van der Waals surface area contributed by atoms with Gasteiger partial charge in [0.1, 0.15) is 0 Å². The Hall–Kier alpha value is -1.17. The van der Waals surface area contributed by atoms with Gasteiger partial charge < -0.3 is 21.1 Å². The summed E-state index contributed by atoms with van der Waals surface area (Å²) in [4.78, 5) is 10.6. The lowest BCUT2D eigenvalue weighted by molar-refractivity contribution is -0.118. The molecular formula is C20H37NO4. The Bertz CT molecular complexity index is 369. The molecule has 2 unspecified atom stereocenters. The zero-order valence-corrected chi connectivity index (χ0v) is 15.5. The molecule has 0 saturated carbocycles. The molecule has 0 aliphatic rings. The summed E-state index contributed by atoms with van der Waals surface area (Å²) in [5.74, 6) is -0.332. The van der Waals surface area contributed by atoms with E-state index >= 15 is 0 Å². The molecule has 0 rings (SSSR count). The van der Waals surface area contributed by atoms with Crippen LogP contribution >= 0.6 is 0 Å². The van der Waals surface area contributed by atoms with Crippen LogP contribution in [0.4, 0.5) is 0 Å². The lowest BCUT2D eigenvalue weighted by Crippen LogP contribution is -2.11. The third kappa shape index (κ3) is 19.0. The lowest BCUT2D eigenvalue weighted by atomic mass is 10.1. The summed E-state index contributed by atoms with van der Waals surface area (Å²) >= 11 is 0. The van der Waals surface area contributed by atoms with Crippen LogP contribution in [-0.4, -0.2) is 40.0 Å². The molecule has 0 radical (unpaired) electrons. The quantitative estimate of drug-likeness (QED) is 0.238. The molecule has 0 spiro atoms. The Morgan fingerprint density at radius 3 is 1.80 bits per heavy atom. The van der Waals surface area contributed by atoms with Gasteiger partial charge in [-0.25, -0.2) is 0 Å². The second-order valence-electron chi connectivity index (χ2n) is 6.56. The Morgan fingerprint density at radius 1 is 0.800 bits per heavy atom. The van der Waals surface area contributed by atoms with E-state index in [0.29, 0.717) is 19.3 Å². The van der Waals surface area contributed by atoms with Crippen LogP contribution in [0.3, 0.4) is 0 Å². The van der Waals surface area contributed by atoms with Crippen molar-refractivity contribution >= 4 is 5.91 Å². The first-order valence-electron chi connectivity index (χ1n) is 9.65. The molecule has 0 aromatic carbocycles. The van der Waals surface area contributed by atoms with E-state index in [2.05, 4.69) is 0 Å². The van der Waals surface area contributed by atoms with Gasteiger partial charge >= 0.3 is 0 Å². The standard InChI is InChI=1S/C20H37NO4/c21-20(25)16-11-15-19(24)14-9-5-4-8-13-18(23)12-7-3-1-2-6-10-17-22/h8-9,13-14,18-19,22-24H,1-7,10-12,15-17H2,(H2,21,25). The molecule has 0 aromatic rings. The highest BCUT2D eigenvalue weighted by molar-refractivity contribution is 5.73. The third-order valence-corrected chi connectivity index (χ3v) is 4.05. The number of carbonyl (C=O) groups is 1. The summed E-state index contributed by atoms with van der Waals surface area (Å²) in [6, 6.07) is 0. The SMILES string of the molecule is NC(=O)CCCC(O)C=CCCC=CC(O)CCCCCCCCO. The zero-order chi connectivity index (χ0) is 18.8. The minimum Gasteiger partial charge on any atom is -0.396 e. The van der Waals surface area contributed by atoms with Crippen molar-refractivity contribution in [3.63, 3.8) is 0 Å². The van der Waals surface area contributed by atoms with Crippen molar-refractivity contribution in [1.82, 2.24) is 0 Å². The first-order valence-corrected chi connectivity index (χ1v) is 9.65. The summed E-state index contributed by atoms with van der Waals surface area (Å²) in [6.07, 6.45) is 17.0. The van der Waals surface area contributed by atoms with E-state index in [1.165, 1.54) is 6.42 Å². The van der Waals surface area contributed by atoms with Crippen LogP contribution in [0.2, 0.25) is 0 Å². The molecular weight excluding hydrogens is 318 g/mol. The number of aliphatic hydroxyl groups is 3. The van der Waals surface area contributed by atoms with E-state index < -0.39 is 6.10 Å². The molecule has 25 heavy (non-hydrogen) atoms. The van der Waals surface area contributed by atoms with Crippen molar-refractivity contribution in [2.75, 3.05) is 6.61 Å². The van der Waals surface area contributed by atoms with Crippen LogP contribution in [0, 0.1) is 0 Å². The molecule has 0 aliphatic heterocycles. The van der Waals surface area contributed by atoms with E-state index in [-0.39, 0.29) is 18.6 Å². The van der Waals surface area contributed by atoms with E-state index in [0.717, 1.165) is 51.4 Å². The number of hydrogen-bond donors (Lipinski definition) is 4. The van der Waals surface area contributed by atoms with E-state index in [1.807, 2.05) is 18.2 Å². The van der Waals surface area contributed by atoms with Gasteiger partial charge in [0.15, 0.2) is 0 Å². The molecule has 0 saturated heterocycles. The topological polar surface area (TPSA) is 104 Å². The van der Waals surface area contributed by atoms with Gasteiger partial charge in [0, 0.05) is 13.0 Å². The minimum atomic E-state index is -0.522. The minimum absolute atomic E-state index is 0.285. The Kier molecular flexibility index (Phi) is 16.8. The third-order valence-electron chi connectivity index (χ3n) is 4.05. The first kappa shape index (κ1) is 23.8. The van der Waals surface area contributed by atoms with Crippen molar-refractivity contribution in [3.05, 3.63) is 24.3 Å². The molecule has 1 amide bonds. The average Bonchev–Trinajstić information content (AvgIpc) is 2.56. The number of nitrogens with two attached hydrogens (primary N) is 1. The van der Waals surface area contributed by atoms with E-state index in [1.54, 1.807) is 6.08 Å². The zero-order valence-electron chi connectivity index (χ0n) is 15.5. The maximum absolute atomic E-state index is 10.6. The molecule has 0 heterocycles. The number of carbonyl (C=O) groups excluding carboxylic acids is 1. The van der Waals surface area contributed by atoms with Crippen LogP contribution in [0.25, 0.3) is 0 Å². The van der Waals surface area contributed by atoms with Gasteiger partial charge in [0.2, 0.25) is 5.91 Å². The van der Waals surface area contributed by atoms with Crippen molar-refractivity contribution < 1.29 is 20.1 Å². The summed E-state index contributed by atoms with van der Waals surface area (Å²) in [5.41, 5.74) is 5.05. The highest BCUT2D eigenvalue weighted by Gasteiger charge is 2.01. The predicted octanol–water partition coefficient (Wildman–Crippen LogP) is 2.98. The van der Waals surface area contributed by atoms with E-state index in [4.69, 9.17) is 10.8 Å². The molecule has 146 valence electrons. The molecule has 2 atom stereocenters. The number of rotatable bonds is 17. The number of allylic oxidation sites excluding steroid dienone is 2. The van der Waals surface area contributed by atoms with Gasteiger partial charge in [0.05, 0.1) is 12.2 Å². The van der Waals surface area contributed by atoms with Crippen LogP contribution in [0.1, 0.15) is 77.0 Å². The van der Waals surface area contributed by atoms with Crippen LogP contribution in [0.15, 0.2) is 24.3 Å². The summed E-state index contributed by atoms with van der Waals surface area (Å²) < 4.78 is 0. The summed E-state index contributed by atoms with van der Waals surface area (Å²) in [7, 11) is 0. The first-order chi connectivity index (χ1) is 12.1. The second kappa shape index (κ2) is 17.6. The number of unbranched alkanes of at least 4 members (excludes halogenated alkanes) is 6. The molecule has 5 nitrogen and oxygen atoms in total. The maximum atomic E-state index is 10.6. The number of amides is 1. The number of aliphatic hydroxyl groups excluding tert-OH is 3. The molecule has 5 N–H and O–H groups in total. The highest BCUT2D eigenvalue weighted by Crippen LogP contribution is 2.10. The van der Waals surface area contributed by atoms with Gasteiger partial charge in [-0.05, 0) is 38.5 Å². The van der Waals surface area contributed by atoms with Gasteiger partial charge in [0.25, 0.3) is 0 Å². The molecule has 5 heteroatoms. The number of primary amides is 1. The van der Waals surface area contributed by atoms with Crippen LogP contribution < -0.4 is 5.73 Å². The Morgan fingerprint density at radius 2 is 1.28 bits per heavy atom. The highest BCUT2D eigenvalue weighted by atomic mass is 16.3. The lowest BCUT2D eigenvalue weighted by Gasteiger charge is -2.05. The Balaban J connectivity index is 3.53. The van der Waals surface area contributed by atoms with Gasteiger partial charge in [-0.1, -0.05) is 56.4 Å². The largest absolute Gasteiger partial charge is 0.396 e. The molecule has 0 fully saturated rings.